The predicted molar refractivity (Wildman–Crippen MR) is 107 cm³/mol. The standard InChI is InChI=1S/C21H26N4O/c1-3-12-25(13-4-2)21(26)18(16-22)17-23-19-8-10-20(11-9-19)24-14-6-5-7-15-24/h3-4,8-11,17,23H,1-2,5-7,12-15H2/b18-17-. The Balaban J connectivity index is 2.03. The first-order valence-electron chi connectivity index (χ1n) is 8.92. The summed E-state index contributed by atoms with van der Waals surface area (Å²) in [6.07, 6.45) is 8.49. The van der Waals surface area contributed by atoms with Crippen LogP contribution in [0.15, 0.2) is 61.3 Å². The number of carbonyl (C=O) groups is 1. The van der Waals surface area contributed by atoms with Gasteiger partial charge in [0.1, 0.15) is 11.6 Å². The summed E-state index contributed by atoms with van der Waals surface area (Å²) in [7, 11) is 0. The van der Waals surface area contributed by atoms with Crippen LogP contribution < -0.4 is 10.2 Å². The Hall–Kier alpha value is -3.00. The molecule has 1 aromatic carbocycles. The van der Waals surface area contributed by atoms with Crippen LogP contribution in [-0.2, 0) is 4.79 Å². The van der Waals surface area contributed by atoms with Gasteiger partial charge in [-0.1, -0.05) is 12.2 Å². The lowest BCUT2D eigenvalue weighted by molar-refractivity contribution is -0.125. The Bertz CT molecular complexity index is 684. The fourth-order valence-corrected chi connectivity index (χ4v) is 2.94. The van der Waals surface area contributed by atoms with Crippen molar-refractivity contribution in [1.82, 2.24) is 4.90 Å². The summed E-state index contributed by atoms with van der Waals surface area (Å²) in [5, 5.41) is 12.4. The first-order valence-corrected chi connectivity index (χ1v) is 8.92. The molecule has 1 amide bonds. The number of nitrogens with zero attached hydrogens (tertiary/aromatic N) is 3. The number of benzene rings is 1. The molecule has 0 saturated carbocycles. The molecule has 0 radical (unpaired) electrons. The molecule has 26 heavy (non-hydrogen) atoms. The van der Waals surface area contributed by atoms with Crippen LogP contribution in [0.3, 0.4) is 0 Å². The second kappa shape index (κ2) is 10.1. The van der Waals surface area contributed by atoms with Crippen molar-refractivity contribution in [2.45, 2.75) is 19.3 Å². The van der Waals surface area contributed by atoms with Crippen LogP contribution >= 0.6 is 0 Å². The van der Waals surface area contributed by atoms with Crippen molar-refractivity contribution in [1.29, 1.82) is 5.26 Å². The van der Waals surface area contributed by atoms with Gasteiger partial charge in [-0.2, -0.15) is 5.26 Å². The number of hydrogen-bond acceptors (Lipinski definition) is 4. The highest BCUT2D eigenvalue weighted by Crippen LogP contribution is 2.22. The molecule has 5 nitrogen and oxygen atoms in total. The lowest BCUT2D eigenvalue weighted by Gasteiger charge is -2.28. The maximum absolute atomic E-state index is 12.4. The van der Waals surface area contributed by atoms with E-state index in [9.17, 15) is 10.1 Å². The maximum Gasteiger partial charge on any atom is 0.266 e. The molecule has 5 heteroatoms. The number of piperidine rings is 1. The minimum atomic E-state index is -0.343. The van der Waals surface area contributed by atoms with Gasteiger partial charge in [0, 0.05) is 43.8 Å². The summed E-state index contributed by atoms with van der Waals surface area (Å²) in [6.45, 7) is 10.2. The lowest BCUT2D eigenvalue weighted by atomic mass is 10.1. The first kappa shape index (κ1) is 19.3. The van der Waals surface area contributed by atoms with Crippen molar-refractivity contribution in [3.63, 3.8) is 0 Å². The highest BCUT2D eigenvalue weighted by atomic mass is 16.2. The fourth-order valence-electron chi connectivity index (χ4n) is 2.94. The van der Waals surface area contributed by atoms with Crippen molar-refractivity contribution in [3.05, 3.63) is 61.3 Å². The van der Waals surface area contributed by atoms with Crippen LogP contribution in [0.2, 0.25) is 0 Å². The van der Waals surface area contributed by atoms with Crippen molar-refractivity contribution >= 4 is 17.3 Å². The third kappa shape index (κ3) is 5.25. The fraction of sp³-hybridized carbons (Fsp3) is 0.333. The second-order valence-corrected chi connectivity index (χ2v) is 6.20. The van der Waals surface area contributed by atoms with Crippen LogP contribution in [0.25, 0.3) is 0 Å². The highest BCUT2D eigenvalue weighted by Gasteiger charge is 2.16. The number of hydrogen-bond donors (Lipinski definition) is 1. The largest absolute Gasteiger partial charge is 0.372 e. The molecule has 1 heterocycles. The number of nitriles is 1. The van der Waals surface area contributed by atoms with E-state index in [-0.39, 0.29) is 11.5 Å². The van der Waals surface area contributed by atoms with Crippen LogP contribution in [0, 0.1) is 11.3 Å². The Labute approximate surface area is 155 Å². The number of carbonyl (C=O) groups excluding carboxylic acids is 1. The Kier molecular flexibility index (Phi) is 7.50. The summed E-state index contributed by atoms with van der Waals surface area (Å²) in [6, 6.07) is 10.0. The molecule has 136 valence electrons. The molecule has 0 aliphatic carbocycles. The molecular formula is C21H26N4O. The number of anilines is 2. The predicted octanol–water partition coefficient (Wildman–Crippen LogP) is 3.70. The summed E-state index contributed by atoms with van der Waals surface area (Å²) in [5.74, 6) is -0.343. The molecule has 0 unspecified atom stereocenters. The van der Waals surface area contributed by atoms with E-state index in [1.165, 1.54) is 36.0 Å². The third-order valence-corrected chi connectivity index (χ3v) is 4.31. The molecule has 0 atom stereocenters. The number of amides is 1. The first-order chi connectivity index (χ1) is 12.7. The molecule has 1 aliphatic rings. The van der Waals surface area contributed by atoms with E-state index < -0.39 is 0 Å². The smallest absolute Gasteiger partial charge is 0.266 e. The zero-order valence-electron chi connectivity index (χ0n) is 15.2. The van der Waals surface area contributed by atoms with E-state index in [1.807, 2.05) is 18.2 Å². The normalized spacial score (nSPS) is 14.3. The average molecular weight is 350 g/mol. The quantitative estimate of drug-likeness (QED) is 0.441. The second-order valence-electron chi connectivity index (χ2n) is 6.20. The van der Waals surface area contributed by atoms with Crippen molar-refractivity contribution in [2.75, 3.05) is 36.4 Å². The van der Waals surface area contributed by atoms with Gasteiger partial charge in [-0.3, -0.25) is 4.79 Å². The van der Waals surface area contributed by atoms with Crippen LogP contribution in [0.4, 0.5) is 11.4 Å². The zero-order chi connectivity index (χ0) is 18.8. The van der Waals surface area contributed by atoms with Crippen molar-refractivity contribution < 1.29 is 4.79 Å². The molecule has 1 aliphatic heterocycles. The van der Waals surface area contributed by atoms with Gasteiger partial charge in [0.15, 0.2) is 0 Å². The van der Waals surface area contributed by atoms with E-state index in [4.69, 9.17) is 0 Å². The Morgan fingerprint density at radius 3 is 2.31 bits per heavy atom. The molecular weight excluding hydrogens is 324 g/mol. The van der Waals surface area contributed by atoms with Crippen LogP contribution in [0.5, 0.6) is 0 Å². The molecule has 0 spiro atoms. The van der Waals surface area contributed by atoms with Gasteiger partial charge in [-0.05, 0) is 43.5 Å². The van der Waals surface area contributed by atoms with E-state index in [2.05, 4.69) is 35.5 Å². The topological polar surface area (TPSA) is 59.4 Å². The minimum absolute atomic E-state index is 0.0498. The maximum atomic E-state index is 12.4. The van der Waals surface area contributed by atoms with Gasteiger partial charge in [0.05, 0.1) is 0 Å². The Morgan fingerprint density at radius 1 is 1.15 bits per heavy atom. The molecule has 0 bridgehead atoms. The van der Waals surface area contributed by atoms with Gasteiger partial charge in [0.2, 0.25) is 0 Å². The van der Waals surface area contributed by atoms with Crippen molar-refractivity contribution in [2.24, 2.45) is 0 Å². The van der Waals surface area contributed by atoms with Gasteiger partial charge >= 0.3 is 0 Å². The summed E-state index contributed by atoms with van der Waals surface area (Å²) in [4.78, 5) is 16.3. The number of nitrogens with one attached hydrogen (secondary N) is 1. The molecule has 1 N–H and O–H groups in total. The average Bonchev–Trinajstić information content (AvgIpc) is 2.69. The van der Waals surface area contributed by atoms with Crippen molar-refractivity contribution in [3.8, 4) is 6.07 Å². The van der Waals surface area contributed by atoms with E-state index in [0.717, 1.165) is 18.8 Å². The molecule has 1 saturated heterocycles. The molecule has 1 fully saturated rings. The van der Waals surface area contributed by atoms with Crippen LogP contribution in [0.1, 0.15) is 19.3 Å². The van der Waals surface area contributed by atoms with Gasteiger partial charge in [-0.25, -0.2) is 0 Å². The SMILES string of the molecule is C=CCN(CC=C)C(=O)/C(C#N)=C\Nc1ccc(N2CCCCC2)cc1. The number of rotatable bonds is 8. The zero-order valence-corrected chi connectivity index (χ0v) is 15.2. The Morgan fingerprint density at radius 2 is 1.77 bits per heavy atom. The van der Waals surface area contributed by atoms with Gasteiger partial charge in [-0.15, -0.1) is 13.2 Å². The summed E-state index contributed by atoms with van der Waals surface area (Å²) in [5.41, 5.74) is 2.10. The minimum Gasteiger partial charge on any atom is -0.372 e. The summed E-state index contributed by atoms with van der Waals surface area (Å²) >= 11 is 0. The van der Waals surface area contributed by atoms with E-state index >= 15 is 0 Å². The third-order valence-electron chi connectivity index (χ3n) is 4.31. The van der Waals surface area contributed by atoms with Gasteiger partial charge < -0.3 is 15.1 Å². The monoisotopic (exact) mass is 350 g/mol. The molecule has 1 aromatic rings. The van der Waals surface area contributed by atoms with Gasteiger partial charge in [0.25, 0.3) is 5.91 Å². The molecule has 0 aromatic heterocycles. The lowest BCUT2D eigenvalue weighted by Crippen LogP contribution is -2.32. The molecule has 2 rings (SSSR count). The highest BCUT2D eigenvalue weighted by molar-refractivity contribution is 5.97. The van der Waals surface area contributed by atoms with E-state index in [0.29, 0.717) is 13.1 Å². The summed E-state index contributed by atoms with van der Waals surface area (Å²) < 4.78 is 0. The van der Waals surface area contributed by atoms with E-state index in [1.54, 1.807) is 12.2 Å². The van der Waals surface area contributed by atoms with Crippen LogP contribution in [-0.4, -0.2) is 37.0 Å².